The Morgan fingerprint density at radius 1 is 1.50 bits per heavy atom. The molecule has 0 radical (unpaired) electrons. The Morgan fingerprint density at radius 3 is 3.08 bits per heavy atom. The van der Waals surface area contributed by atoms with E-state index in [0.717, 1.165) is 0 Å². The van der Waals surface area contributed by atoms with Gasteiger partial charge in [0.2, 0.25) is 0 Å². The molecule has 0 atom stereocenters. The summed E-state index contributed by atoms with van der Waals surface area (Å²) in [5, 5.41) is 0. The van der Waals surface area contributed by atoms with E-state index in [2.05, 4.69) is 4.74 Å². The summed E-state index contributed by atoms with van der Waals surface area (Å²) < 4.78 is 9.58. The second-order valence-corrected chi connectivity index (χ2v) is 2.22. The molecule has 0 bridgehead atoms. The van der Waals surface area contributed by atoms with Crippen LogP contribution in [-0.2, 0) is 14.3 Å². The molecule has 0 aliphatic carbocycles. The van der Waals surface area contributed by atoms with Crippen LogP contribution in [0.2, 0.25) is 0 Å². The maximum absolute atomic E-state index is 10.8. The molecule has 12 heavy (non-hydrogen) atoms. The van der Waals surface area contributed by atoms with Gasteiger partial charge in [0.25, 0.3) is 0 Å². The highest BCUT2D eigenvalue weighted by atomic mass is 16.5. The predicted molar refractivity (Wildman–Crippen MR) is 44.1 cm³/mol. The minimum absolute atomic E-state index is 0.172. The molecule has 1 aliphatic heterocycles. The minimum atomic E-state index is -0.301. The fraction of sp³-hybridized carbons (Fsp3) is 0.222. The van der Waals surface area contributed by atoms with Crippen LogP contribution >= 0.6 is 0 Å². The van der Waals surface area contributed by atoms with Crippen molar-refractivity contribution in [2.75, 3.05) is 7.11 Å². The summed E-state index contributed by atoms with van der Waals surface area (Å²) in [5.41, 5.74) is 0. The van der Waals surface area contributed by atoms with Crippen molar-refractivity contribution >= 4 is 5.97 Å². The highest BCUT2D eigenvalue weighted by Gasteiger charge is 2.05. The zero-order valence-electron chi connectivity index (χ0n) is 6.82. The average molecular weight is 166 g/mol. The summed E-state index contributed by atoms with van der Waals surface area (Å²) in [6.07, 6.45) is 8.81. The SMILES string of the molecule is COC(=O)CC1=CC=CC=CO1. The molecule has 64 valence electrons. The van der Waals surface area contributed by atoms with Crippen LogP contribution in [0.3, 0.4) is 0 Å². The van der Waals surface area contributed by atoms with Crippen LogP contribution in [0, 0.1) is 0 Å². The quantitative estimate of drug-likeness (QED) is 0.583. The normalized spacial score (nSPS) is 14.6. The Morgan fingerprint density at radius 2 is 2.33 bits per heavy atom. The van der Waals surface area contributed by atoms with Gasteiger partial charge in [-0.1, -0.05) is 12.2 Å². The van der Waals surface area contributed by atoms with Gasteiger partial charge in [-0.15, -0.1) is 0 Å². The molecule has 0 N–H and O–H groups in total. The van der Waals surface area contributed by atoms with E-state index in [1.807, 2.05) is 12.2 Å². The Hall–Kier alpha value is -1.51. The molecule has 0 fully saturated rings. The van der Waals surface area contributed by atoms with Crippen LogP contribution in [-0.4, -0.2) is 13.1 Å². The van der Waals surface area contributed by atoms with Crippen molar-refractivity contribution in [3.8, 4) is 0 Å². The Labute approximate surface area is 71.0 Å². The number of hydrogen-bond donors (Lipinski definition) is 0. The average Bonchev–Trinajstić information content (AvgIpc) is 2.33. The van der Waals surface area contributed by atoms with Gasteiger partial charge in [0.1, 0.15) is 12.2 Å². The smallest absolute Gasteiger partial charge is 0.313 e. The number of carbonyl (C=O) groups is 1. The molecule has 0 saturated heterocycles. The summed E-state index contributed by atoms with van der Waals surface area (Å²) in [7, 11) is 1.35. The highest BCUT2D eigenvalue weighted by molar-refractivity contribution is 5.71. The molecule has 0 spiro atoms. The number of hydrogen-bond acceptors (Lipinski definition) is 3. The van der Waals surface area contributed by atoms with Crippen LogP contribution in [0.25, 0.3) is 0 Å². The predicted octanol–water partition coefficient (Wildman–Crippen LogP) is 1.53. The molecule has 0 amide bonds. The van der Waals surface area contributed by atoms with Crippen molar-refractivity contribution in [3.63, 3.8) is 0 Å². The monoisotopic (exact) mass is 166 g/mol. The molecule has 0 aromatic heterocycles. The molecular weight excluding hydrogens is 156 g/mol. The van der Waals surface area contributed by atoms with Gasteiger partial charge >= 0.3 is 5.97 Å². The van der Waals surface area contributed by atoms with E-state index in [-0.39, 0.29) is 12.4 Å². The van der Waals surface area contributed by atoms with E-state index in [1.165, 1.54) is 13.4 Å². The van der Waals surface area contributed by atoms with Crippen molar-refractivity contribution in [2.24, 2.45) is 0 Å². The first-order valence-corrected chi connectivity index (χ1v) is 3.59. The molecule has 1 rings (SSSR count). The molecule has 3 heteroatoms. The van der Waals surface area contributed by atoms with Crippen molar-refractivity contribution < 1.29 is 14.3 Å². The van der Waals surface area contributed by atoms with Crippen LogP contribution in [0.15, 0.2) is 36.3 Å². The lowest BCUT2D eigenvalue weighted by Gasteiger charge is -2.02. The number of ether oxygens (including phenoxy) is 2. The number of rotatable bonds is 2. The molecule has 1 aliphatic rings. The lowest BCUT2D eigenvalue weighted by molar-refractivity contribution is -0.140. The van der Waals surface area contributed by atoms with Gasteiger partial charge in [-0.25, -0.2) is 0 Å². The molecular formula is C9H10O3. The third-order valence-corrected chi connectivity index (χ3v) is 1.35. The van der Waals surface area contributed by atoms with Gasteiger partial charge in [0.15, 0.2) is 0 Å². The van der Waals surface area contributed by atoms with Gasteiger partial charge in [-0.3, -0.25) is 4.79 Å². The number of methoxy groups -OCH3 is 1. The first kappa shape index (κ1) is 8.59. The summed E-state index contributed by atoms with van der Waals surface area (Å²) in [4.78, 5) is 10.8. The van der Waals surface area contributed by atoms with Gasteiger partial charge in [-0.2, -0.15) is 0 Å². The molecule has 3 nitrogen and oxygen atoms in total. The largest absolute Gasteiger partial charge is 0.469 e. The molecule has 0 aromatic rings. The topological polar surface area (TPSA) is 35.5 Å². The number of allylic oxidation sites excluding steroid dienone is 4. The lowest BCUT2D eigenvalue weighted by Crippen LogP contribution is -2.02. The maximum atomic E-state index is 10.8. The van der Waals surface area contributed by atoms with Crippen molar-refractivity contribution in [1.82, 2.24) is 0 Å². The summed E-state index contributed by atoms with van der Waals surface area (Å²) >= 11 is 0. The highest BCUT2D eigenvalue weighted by Crippen LogP contribution is 2.08. The Kier molecular flexibility index (Phi) is 3.14. The van der Waals surface area contributed by atoms with E-state index in [9.17, 15) is 4.79 Å². The Bertz CT molecular complexity index is 248. The van der Waals surface area contributed by atoms with Gasteiger partial charge in [-0.05, 0) is 12.2 Å². The zero-order valence-corrected chi connectivity index (χ0v) is 6.82. The second kappa shape index (κ2) is 4.38. The number of esters is 1. The maximum Gasteiger partial charge on any atom is 0.313 e. The Balaban J connectivity index is 2.52. The van der Waals surface area contributed by atoms with E-state index in [4.69, 9.17) is 4.74 Å². The van der Waals surface area contributed by atoms with Crippen molar-refractivity contribution in [1.29, 1.82) is 0 Å². The van der Waals surface area contributed by atoms with Crippen LogP contribution in [0.4, 0.5) is 0 Å². The molecule has 0 saturated carbocycles. The fourth-order valence-electron chi connectivity index (χ4n) is 0.753. The molecule has 0 aromatic carbocycles. The summed E-state index contributed by atoms with van der Waals surface area (Å²) in [5.74, 6) is 0.289. The van der Waals surface area contributed by atoms with E-state index in [1.54, 1.807) is 12.2 Å². The van der Waals surface area contributed by atoms with Crippen molar-refractivity contribution in [3.05, 3.63) is 36.3 Å². The second-order valence-electron chi connectivity index (χ2n) is 2.22. The van der Waals surface area contributed by atoms with Crippen LogP contribution in [0.1, 0.15) is 6.42 Å². The first-order chi connectivity index (χ1) is 5.83. The zero-order chi connectivity index (χ0) is 8.81. The van der Waals surface area contributed by atoms with Gasteiger partial charge in [0.05, 0.1) is 13.4 Å². The third-order valence-electron chi connectivity index (χ3n) is 1.35. The summed E-state index contributed by atoms with van der Waals surface area (Å²) in [6, 6.07) is 0. The van der Waals surface area contributed by atoms with Crippen LogP contribution in [0.5, 0.6) is 0 Å². The van der Waals surface area contributed by atoms with E-state index >= 15 is 0 Å². The van der Waals surface area contributed by atoms with Crippen molar-refractivity contribution in [2.45, 2.75) is 6.42 Å². The third kappa shape index (κ3) is 2.62. The minimum Gasteiger partial charge on any atom is -0.469 e. The molecule has 1 heterocycles. The standard InChI is InChI=1S/C9H10O3/c1-11-9(10)7-8-5-3-2-4-6-12-8/h2-6H,7H2,1H3. The van der Waals surface area contributed by atoms with E-state index < -0.39 is 0 Å². The van der Waals surface area contributed by atoms with E-state index in [0.29, 0.717) is 5.76 Å². The number of carbonyl (C=O) groups excluding carboxylic acids is 1. The lowest BCUT2D eigenvalue weighted by atomic mass is 10.3. The fourth-order valence-corrected chi connectivity index (χ4v) is 0.753. The molecule has 0 unspecified atom stereocenters. The summed E-state index contributed by atoms with van der Waals surface area (Å²) in [6.45, 7) is 0. The first-order valence-electron chi connectivity index (χ1n) is 3.59. The van der Waals surface area contributed by atoms with Gasteiger partial charge < -0.3 is 9.47 Å². The van der Waals surface area contributed by atoms with Gasteiger partial charge in [0, 0.05) is 0 Å². The van der Waals surface area contributed by atoms with Crippen LogP contribution < -0.4 is 0 Å².